The number of nitrogens with zero attached hydrogens (tertiary/aromatic N) is 1. The molecule has 0 radical (unpaired) electrons. The number of carbonyl (C=O) groups excluding carboxylic acids is 2. The normalized spacial score (nSPS) is 21.6. The third-order valence-corrected chi connectivity index (χ3v) is 6.79. The maximum atomic E-state index is 13.2. The van der Waals surface area contributed by atoms with Crippen LogP contribution in [0.4, 0.5) is 0 Å². The van der Waals surface area contributed by atoms with Crippen molar-refractivity contribution < 1.29 is 24.0 Å². The first-order valence-electron chi connectivity index (χ1n) is 9.46. The molecule has 4 rings (SSSR count). The van der Waals surface area contributed by atoms with Gasteiger partial charge >= 0.3 is 5.97 Å². The number of esters is 1. The third kappa shape index (κ3) is 3.69. The van der Waals surface area contributed by atoms with Crippen LogP contribution >= 0.6 is 0 Å². The van der Waals surface area contributed by atoms with Gasteiger partial charge in [-0.1, -0.05) is 48.5 Å². The van der Waals surface area contributed by atoms with Crippen LogP contribution in [0.15, 0.2) is 76.2 Å². The van der Waals surface area contributed by atoms with Crippen molar-refractivity contribution in [3.05, 3.63) is 76.8 Å². The second kappa shape index (κ2) is 8.41. The van der Waals surface area contributed by atoms with E-state index >= 15 is 0 Å². The standard InChI is InChI=1S/C22H21NO5S/c24-12-11-17-18-13-19(29(27)16-9-5-2-6-10-16)20(23(18)21(17)25)22(26)28-14-15-7-3-1-4-8-15/h1-10,17-18,24H,11-14H2/t17-,18+,29?/m1/s1. The number of aliphatic hydroxyl groups excluding tert-OH is 1. The van der Waals surface area contributed by atoms with Crippen molar-refractivity contribution in [3.63, 3.8) is 0 Å². The van der Waals surface area contributed by atoms with E-state index in [0.717, 1.165) is 5.56 Å². The Kier molecular flexibility index (Phi) is 5.71. The molecular weight excluding hydrogens is 390 g/mol. The predicted octanol–water partition coefficient (Wildman–Crippen LogP) is 2.36. The van der Waals surface area contributed by atoms with Crippen LogP contribution in [-0.4, -0.2) is 39.1 Å². The van der Waals surface area contributed by atoms with E-state index in [1.807, 2.05) is 36.4 Å². The molecular formula is C22H21NO5S. The Morgan fingerprint density at radius 2 is 1.79 bits per heavy atom. The van der Waals surface area contributed by atoms with Crippen molar-refractivity contribution in [1.82, 2.24) is 4.90 Å². The second-order valence-electron chi connectivity index (χ2n) is 7.01. The number of benzene rings is 2. The summed E-state index contributed by atoms with van der Waals surface area (Å²) < 4.78 is 18.6. The highest BCUT2D eigenvalue weighted by Crippen LogP contribution is 2.46. The molecule has 2 aliphatic rings. The Morgan fingerprint density at radius 3 is 2.45 bits per heavy atom. The number of ether oxygens (including phenoxy) is 1. The summed E-state index contributed by atoms with van der Waals surface area (Å²) in [6.07, 6.45) is 0.672. The van der Waals surface area contributed by atoms with Gasteiger partial charge in [-0.2, -0.15) is 0 Å². The zero-order valence-corrected chi connectivity index (χ0v) is 16.5. The Balaban J connectivity index is 1.61. The first-order chi connectivity index (χ1) is 14.1. The first kappa shape index (κ1) is 19.7. The summed E-state index contributed by atoms with van der Waals surface area (Å²) in [5.74, 6) is -1.23. The number of hydrogen-bond donors (Lipinski definition) is 1. The maximum Gasteiger partial charge on any atom is 0.360 e. The van der Waals surface area contributed by atoms with Gasteiger partial charge in [0.1, 0.15) is 6.61 Å². The van der Waals surface area contributed by atoms with Gasteiger partial charge in [-0.05, 0) is 24.1 Å². The van der Waals surface area contributed by atoms with E-state index in [0.29, 0.717) is 22.6 Å². The molecule has 7 heteroatoms. The van der Waals surface area contributed by atoms with Crippen molar-refractivity contribution in [2.75, 3.05) is 6.61 Å². The van der Waals surface area contributed by atoms with Gasteiger partial charge in [0, 0.05) is 24.2 Å². The first-order valence-corrected chi connectivity index (χ1v) is 10.6. The lowest BCUT2D eigenvalue weighted by Crippen LogP contribution is -2.58. The van der Waals surface area contributed by atoms with E-state index in [9.17, 15) is 19.2 Å². The van der Waals surface area contributed by atoms with Gasteiger partial charge in [0.15, 0.2) is 15.5 Å². The smallest absolute Gasteiger partial charge is 0.360 e. The highest BCUT2D eigenvalue weighted by molar-refractivity contribution is 7.95. The van der Waals surface area contributed by atoms with E-state index < -0.39 is 17.1 Å². The lowest BCUT2D eigenvalue weighted by atomic mass is 9.85. The predicted molar refractivity (Wildman–Crippen MR) is 107 cm³/mol. The molecule has 1 amide bonds. The fourth-order valence-corrected chi connectivity index (χ4v) is 5.21. The van der Waals surface area contributed by atoms with Crippen molar-refractivity contribution >= 4 is 23.1 Å². The number of hydrogen-bond acceptors (Lipinski definition) is 5. The van der Waals surface area contributed by atoms with Crippen LogP contribution in [0, 0.1) is 5.92 Å². The molecule has 6 nitrogen and oxygen atoms in total. The van der Waals surface area contributed by atoms with Crippen molar-refractivity contribution in [2.45, 2.75) is 30.4 Å². The molecule has 29 heavy (non-hydrogen) atoms. The summed E-state index contributed by atoms with van der Waals surface area (Å²) in [4.78, 5) is 27.9. The molecule has 1 N–H and O–H groups in total. The minimum absolute atomic E-state index is 0.0706. The largest absolute Gasteiger partial charge is 0.607 e. The van der Waals surface area contributed by atoms with Crippen molar-refractivity contribution in [3.8, 4) is 0 Å². The summed E-state index contributed by atoms with van der Waals surface area (Å²) in [5.41, 5.74) is 0.919. The van der Waals surface area contributed by atoms with E-state index in [2.05, 4.69) is 0 Å². The fraction of sp³-hybridized carbons (Fsp3) is 0.273. The molecule has 0 bridgehead atoms. The molecule has 2 aliphatic heterocycles. The number of β-lactam (4-membered cyclic amide) rings is 1. The molecule has 1 fully saturated rings. The second-order valence-corrected chi connectivity index (χ2v) is 8.52. The highest BCUT2D eigenvalue weighted by Gasteiger charge is 2.57. The van der Waals surface area contributed by atoms with Gasteiger partial charge in [0.25, 0.3) is 0 Å². The van der Waals surface area contributed by atoms with Crippen LogP contribution in [-0.2, 0) is 32.1 Å². The van der Waals surface area contributed by atoms with Gasteiger partial charge in [-0.25, -0.2) is 4.79 Å². The number of rotatable bonds is 7. The van der Waals surface area contributed by atoms with E-state index in [1.165, 1.54) is 4.90 Å². The van der Waals surface area contributed by atoms with Gasteiger partial charge in [0.2, 0.25) is 5.91 Å². The van der Waals surface area contributed by atoms with E-state index in [-0.39, 0.29) is 36.8 Å². The highest BCUT2D eigenvalue weighted by atomic mass is 32.2. The topological polar surface area (TPSA) is 89.9 Å². The number of aliphatic hydroxyl groups is 1. The fourth-order valence-electron chi connectivity index (χ4n) is 3.84. The van der Waals surface area contributed by atoms with E-state index in [1.54, 1.807) is 24.3 Å². The molecule has 150 valence electrons. The minimum atomic E-state index is -1.57. The van der Waals surface area contributed by atoms with Crippen LogP contribution in [0.5, 0.6) is 0 Å². The average Bonchev–Trinajstić information content (AvgIpc) is 3.12. The minimum Gasteiger partial charge on any atom is -0.607 e. The van der Waals surface area contributed by atoms with E-state index in [4.69, 9.17) is 4.74 Å². The van der Waals surface area contributed by atoms with Crippen LogP contribution in [0.3, 0.4) is 0 Å². The summed E-state index contributed by atoms with van der Waals surface area (Å²) in [6.45, 7) is -0.0349. The molecule has 0 aliphatic carbocycles. The van der Waals surface area contributed by atoms with Crippen LogP contribution in [0.2, 0.25) is 0 Å². The van der Waals surface area contributed by atoms with Gasteiger partial charge < -0.3 is 14.4 Å². The monoisotopic (exact) mass is 411 g/mol. The quantitative estimate of drug-likeness (QED) is 0.429. The molecule has 3 atom stereocenters. The molecule has 2 aromatic rings. The summed E-state index contributed by atoms with van der Waals surface area (Å²) in [7, 11) is 0. The average molecular weight is 411 g/mol. The van der Waals surface area contributed by atoms with Crippen molar-refractivity contribution in [2.24, 2.45) is 5.92 Å². The Bertz CT molecular complexity index is 931. The van der Waals surface area contributed by atoms with Crippen LogP contribution in [0.25, 0.3) is 0 Å². The Morgan fingerprint density at radius 1 is 1.14 bits per heavy atom. The number of amides is 1. The van der Waals surface area contributed by atoms with Gasteiger partial charge in [-0.3, -0.25) is 9.69 Å². The molecule has 1 unspecified atom stereocenters. The zero-order valence-electron chi connectivity index (χ0n) is 15.7. The number of fused-ring (bicyclic) bond motifs is 1. The van der Waals surface area contributed by atoms with Crippen molar-refractivity contribution in [1.29, 1.82) is 0 Å². The molecule has 0 saturated carbocycles. The summed E-state index contributed by atoms with van der Waals surface area (Å²) in [5, 5.41) is 9.24. The molecule has 0 aromatic heterocycles. The maximum absolute atomic E-state index is 13.2. The molecule has 2 heterocycles. The van der Waals surface area contributed by atoms with Gasteiger partial charge in [0.05, 0.1) is 12.0 Å². The summed E-state index contributed by atoms with van der Waals surface area (Å²) >= 11 is -1.57. The SMILES string of the molecule is O=C(OCc1ccccc1)C1=C([S+]([O-])c2ccccc2)C[C@H]2[C@@H](CCO)C(=O)N12. The molecule has 1 saturated heterocycles. The lowest BCUT2D eigenvalue weighted by molar-refractivity contribution is -0.157. The molecule has 2 aromatic carbocycles. The van der Waals surface area contributed by atoms with Crippen LogP contribution in [0.1, 0.15) is 18.4 Å². The summed E-state index contributed by atoms with van der Waals surface area (Å²) in [6, 6.07) is 17.9. The lowest BCUT2D eigenvalue weighted by Gasteiger charge is -2.42. The van der Waals surface area contributed by atoms with Gasteiger partial charge in [-0.15, -0.1) is 0 Å². The zero-order chi connectivity index (χ0) is 20.4. The third-order valence-electron chi connectivity index (χ3n) is 5.28. The molecule has 0 spiro atoms. The number of carbonyl (C=O) groups is 2. The van der Waals surface area contributed by atoms with Crippen LogP contribution < -0.4 is 0 Å². The Hall–Kier alpha value is -2.61. The Labute approximate surface area is 172 Å².